The number of hydrogen-bond acceptors (Lipinski definition) is 4. The molecule has 1 saturated carbocycles. The Morgan fingerprint density at radius 2 is 1.92 bits per heavy atom. The van der Waals surface area contributed by atoms with Crippen molar-refractivity contribution in [1.29, 1.82) is 0 Å². The van der Waals surface area contributed by atoms with Gasteiger partial charge in [0.15, 0.2) is 0 Å². The Labute approximate surface area is 155 Å². The summed E-state index contributed by atoms with van der Waals surface area (Å²) in [6, 6.07) is -0.427. The minimum atomic E-state index is -0.777. The van der Waals surface area contributed by atoms with Gasteiger partial charge in [-0.2, -0.15) is 0 Å². The van der Waals surface area contributed by atoms with Gasteiger partial charge in [-0.3, -0.25) is 14.5 Å². The summed E-state index contributed by atoms with van der Waals surface area (Å²) in [5.74, 6) is 0.181. The zero-order valence-electron chi connectivity index (χ0n) is 15.0. The normalized spacial score (nSPS) is 35.1. The molecule has 142 valence electrons. The Kier molecular flexibility index (Phi) is 5.68. The molecule has 8 heteroatoms. The number of carbonyl (C=O) groups excluding carboxylic acids is 3. The largest absolute Gasteiger partial charge is 0.341 e. The highest BCUT2D eigenvalue weighted by molar-refractivity contribution is 6.09. The number of imide groups is 1. The molecule has 0 aromatic heterocycles. The van der Waals surface area contributed by atoms with Gasteiger partial charge in [0, 0.05) is 13.1 Å². The molecule has 2 aliphatic heterocycles. The summed E-state index contributed by atoms with van der Waals surface area (Å²) in [4.78, 5) is 40.4. The molecule has 1 atom stereocenters. The van der Waals surface area contributed by atoms with Gasteiger partial charge in [-0.1, -0.05) is 13.8 Å². The maximum Gasteiger partial charge on any atom is 0.325 e. The molecule has 3 fully saturated rings. The molecule has 2 saturated heterocycles. The average molecular weight is 373 g/mol. The number of halogens is 1. The zero-order valence-corrected chi connectivity index (χ0v) is 15.9. The predicted octanol–water partition coefficient (Wildman–Crippen LogP) is 1.11. The van der Waals surface area contributed by atoms with E-state index < -0.39 is 11.6 Å². The van der Waals surface area contributed by atoms with Crippen molar-refractivity contribution in [2.75, 3.05) is 26.2 Å². The van der Waals surface area contributed by atoms with Gasteiger partial charge in [0.05, 0.1) is 0 Å². The molecule has 1 aliphatic carbocycles. The van der Waals surface area contributed by atoms with Crippen LogP contribution in [0.1, 0.15) is 46.0 Å². The highest BCUT2D eigenvalue weighted by atomic mass is 35.5. The molecular formula is C17H29ClN4O3. The fourth-order valence-corrected chi connectivity index (χ4v) is 4.05. The topological polar surface area (TPSA) is 95.7 Å². The van der Waals surface area contributed by atoms with Crippen molar-refractivity contribution < 1.29 is 14.4 Å². The van der Waals surface area contributed by atoms with Gasteiger partial charge < -0.3 is 16.0 Å². The molecule has 0 bridgehead atoms. The van der Waals surface area contributed by atoms with Gasteiger partial charge in [0.2, 0.25) is 5.91 Å². The van der Waals surface area contributed by atoms with Crippen molar-refractivity contribution in [2.24, 2.45) is 17.1 Å². The summed E-state index contributed by atoms with van der Waals surface area (Å²) in [7, 11) is 0. The van der Waals surface area contributed by atoms with E-state index in [1.165, 1.54) is 0 Å². The van der Waals surface area contributed by atoms with E-state index in [2.05, 4.69) is 19.2 Å². The molecule has 1 spiro atoms. The number of carbonyl (C=O) groups is 3. The van der Waals surface area contributed by atoms with Crippen molar-refractivity contribution >= 4 is 30.3 Å². The van der Waals surface area contributed by atoms with Crippen LogP contribution in [-0.4, -0.2) is 59.4 Å². The van der Waals surface area contributed by atoms with E-state index in [-0.39, 0.29) is 36.2 Å². The molecule has 2 heterocycles. The fraction of sp³-hybridized carbons (Fsp3) is 0.824. The molecule has 7 nitrogen and oxygen atoms in total. The van der Waals surface area contributed by atoms with E-state index in [0.717, 1.165) is 24.2 Å². The van der Waals surface area contributed by atoms with E-state index in [1.54, 1.807) is 4.90 Å². The Balaban J connectivity index is 0.00000225. The van der Waals surface area contributed by atoms with E-state index in [0.29, 0.717) is 38.4 Å². The number of amides is 4. The molecule has 0 radical (unpaired) electrons. The number of urea groups is 1. The van der Waals surface area contributed by atoms with Crippen LogP contribution in [0, 0.1) is 11.3 Å². The van der Waals surface area contributed by atoms with Crippen LogP contribution >= 0.6 is 12.4 Å². The van der Waals surface area contributed by atoms with Crippen LogP contribution in [0.5, 0.6) is 0 Å². The van der Waals surface area contributed by atoms with Crippen LogP contribution in [-0.2, 0) is 9.59 Å². The van der Waals surface area contributed by atoms with Gasteiger partial charge in [-0.05, 0) is 50.0 Å². The molecule has 3 rings (SSSR count). The van der Waals surface area contributed by atoms with Gasteiger partial charge in [0.1, 0.15) is 12.1 Å². The minimum Gasteiger partial charge on any atom is -0.341 e. The Bertz CT molecular complexity index is 562. The van der Waals surface area contributed by atoms with Crippen molar-refractivity contribution in [3.05, 3.63) is 0 Å². The number of nitrogens with zero attached hydrogens (tertiary/aromatic N) is 2. The third-order valence-electron chi connectivity index (χ3n) is 6.07. The van der Waals surface area contributed by atoms with Crippen molar-refractivity contribution in [3.63, 3.8) is 0 Å². The lowest BCUT2D eigenvalue weighted by Gasteiger charge is -2.33. The summed E-state index contributed by atoms with van der Waals surface area (Å²) >= 11 is 0. The highest BCUT2D eigenvalue weighted by Gasteiger charge is 2.52. The van der Waals surface area contributed by atoms with Gasteiger partial charge in [-0.25, -0.2) is 4.79 Å². The zero-order chi connectivity index (χ0) is 17.5. The van der Waals surface area contributed by atoms with Gasteiger partial charge >= 0.3 is 6.03 Å². The van der Waals surface area contributed by atoms with Crippen molar-refractivity contribution in [3.8, 4) is 0 Å². The number of rotatable bonds is 3. The molecular weight excluding hydrogens is 344 g/mol. The second-order valence-corrected chi connectivity index (χ2v) is 8.17. The van der Waals surface area contributed by atoms with E-state index >= 15 is 0 Å². The first-order valence-electron chi connectivity index (χ1n) is 8.91. The lowest BCUT2D eigenvalue weighted by Crippen LogP contribution is -2.50. The first kappa shape index (κ1) is 20.0. The summed E-state index contributed by atoms with van der Waals surface area (Å²) in [6.07, 6.45) is 4.04. The summed E-state index contributed by atoms with van der Waals surface area (Å²) in [6.45, 7) is 5.82. The maximum atomic E-state index is 12.8. The molecule has 1 unspecified atom stereocenters. The van der Waals surface area contributed by atoms with Crippen LogP contribution in [0.2, 0.25) is 0 Å². The second-order valence-electron chi connectivity index (χ2n) is 8.17. The Hall–Kier alpha value is -1.34. The van der Waals surface area contributed by atoms with E-state index in [4.69, 9.17) is 5.73 Å². The van der Waals surface area contributed by atoms with Crippen LogP contribution < -0.4 is 11.1 Å². The Morgan fingerprint density at radius 1 is 1.28 bits per heavy atom. The van der Waals surface area contributed by atoms with Crippen LogP contribution in [0.25, 0.3) is 0 Å². The van der Waals surface area contributed by atoms with Gasteiger partial charge in [0.25, 0.3) is 5.91 Å². The quantitative estimate of drug-likeness (QED) is 0.725. The molecule has 25 heavy (non-hydrogen) atoms. The predicted molar refractivity (Wildman–Crippen MR) is 96.2 cm³/mol. The monoisotopic (exact) mass is 372 g/mol. The third kappa shape index (κ3) is 3.62. The molecule has 3 N–H and O–H groups in total. The molecule has 3 aliphatic rings. The highest BCUT2D eigenvalue weighted by Crippen LogP contribution is 2.36. The minimum absolute atomic E-state index is 0. The summed E-state index contributed by atoms with van der Waals surface area (Å²) in [5.41, 5.74) is 4.94. The number of hydrogen-bond donors (Lipinski definition) is 2. The summed E-state index contributed by atoms with van der Waals surface area (Å²) < 4.78 is 0. The first-order valence-corrected chi connectivity index (χ1v) is 8.91. The first-order chi connectivity index (χ1) is 11.3. The van der Waals surface area contributed by atoms with Crippen LogP contribution in [0.15, 0.2) is 0 Å². The third-order valence-corrected chi connectivity index (χ3v) is 6.07. The van der Waals surface area contributed by atoms with Crippen LogP contribution in [0.4, 0.5) is 4.79 Å². The number of nitrogens with one attached hydrogen (secondary N) is 1. The Morgan fingerprint density at radius 3 is 2.48 bits per heavy atom. The molecule has 0 aromatic carbocycles. The van der Waals surface area contributed by atoms with Crippen LogP contribution in [0.3, 0.4) is 0 Å². The van der Waals surface area contributed by atoms with Crippen molar-refractivity contribution in [2.45, 2.75) is 51.5 Å². The van der Waals surface area contributed by atoms with E-state index in [1.807, 2.05) is 0 Å². The average Bonchev–Trinajstić information content (AvgIpc) is 3.06. The lowest BCUT2D eigenvalue weighted by atomic mass is 9.77. The standard InChI is InChI=1S/C17H28N4O3.ClH/c1-12-3-5-17(6-4-12)14(23)21(15(24)19-17)9-13(22)20-8-7-16(2,10-18)11-20;/h12H,3-11,18H2,1-2H3,(H,19,24);1H. The fourth-order valence-electron chi connectivity index (χ4n) is 4.05. The number of nitrogens with two attached hydrogens (primary N) is 1. The molecule has 0 aromatic rings. The lowest BCUT2D eigenvalue weighted by molar-refractivity contribution is -0.139. The maximum absolute atomic E-state index is 12.8. The summed E-state index contributed by atoms with van der Waals surface area (Å²) in [5, 5.41) is 2.86. The molecule has 4 amide bonds. The number of likely N-dealkylation sites (tertiary alicyclic amines) is 1. The smallest absolute Gasteiger partial charge is 0.325 e. The SMILES string of the molecule is CC1CCC2(CC1)NC(=O)N(CC(=O)N1CCC(C)(CN)C1)C2=O.Cl. The van der Waals surface area contributed by atoms with Crippen molar-refractivity contribution in [1.82, 2.24) is 15.1 Å². The van der Waals surface area contributed by atoms with E-state index in [9.17, 15) is 14.4 Å². The van der Waals surface area contributed by atoms with Gasteiger partial charge in [-0.15, -0.1) is 12.4 Å². The second kappa shape index (κ2) is 7.11.